The number of benzene rings is 2. The molecule has 0 amide bonds. The van der Waals surface area contributed by atoms with Crippen LogP contribution in [-0.2, 0) is 20.7 Å². The molecule has 0 saturated heterocycles. The largest absolute Gasteiger partial charge is 0.461 e. The van der Waals surface area contributed by atoms with Crippen molar-refractivity contribution in [2.45, 2.75) is 19.3 Å². The lowest BCUT2D eigenvalue weighted by atomic mass is 10.1. The van der Waals surface area contributed by atoms with Crippen LogP contribution in [0.3, 0.4) is 0 Å². The zero-order valence-electron chi connectivity index (χ0n) is 13.0. The third kappa shape index (κ3) is 6.74. The van der Waals surface area contributed by atoms with Crippen LogP contribution < -0.4 is 0 Å². The maximum absolute atomic E-state index is 11.8. The minimum Gasteiger partial charge on any atom is -0.461 e. The van der Waals surface area contributed by atoms with Crippen LogP contribution in [0.15, 0.2) is 66.7 Å². The van der Waals surface area contributed by atoms with Gasteiger partial charge in [-0.2, -0.15) is 0 Å². The molecule has 0 aliphatic heterocycles. The summed E-state index contributed by atoms with van der Waals surface area (Å²) < 4.78 is 5.04. The Bertz CT molecular complexity index is 645. The summed E-state index contributed by atoms with van der Waals surface area (Å²) in [6, 6.07) is 19.5. The van der Waals surface area contributed by atoms with E-state index in [1.807, 2.05) is 66.7 Å². The number of rotatable bonds is 8. The number of hydrogen-bond donors (Lipinski definition) is 0. The first-order valence-corrected chi connectivity index (χ1v) is 7.67. The van der Waals surface area contributed by atoms with Gasteiger partial charge in [-0.3, -0.25) is 9.59 Å². The predicted molar refractivity (Wildman–Crippen MR) is 90.8 cm³/mol. The number of aryl methyl sites for hydroxylation is 1. The van der Waals surface area contributed by atoms with E-state index in [4.69, 9.17) is 4.74 Å². The van der Waals surface area contributed by atoms with Crippen LogP contribution in [0.1, 0.15) is 24.0 Å². The van der Waals surface area contributed by atoms with Crippen LogP contribution >= 0.6 is 0 Å². The van der Waals surface area contributed by atoms with Gasteiger partial charge in [0.25, 0.3) is 0 Å². The Morgan fingerprint density at radius 3 is 2.26 bits per heavy atom. The molecule has 0 aromatic heterocycles. The topological polar surface area (TPSA) is 43.4 Å². The van der Waals surface area contributed by atoms with Gasteiger partial charge in [-0.25, -0.2) is 0 Å². The van der Waals surface area contributed by atoms with Gasteiger partial charge in [0.05, 0.1) is 0 Å². The van der Waals surface area contributed by atoms with Crippen LogP contribution in [0.2, 0.25) is 0 Å². The van der Waals surface area contributed by atoms with Crippen LogP contribution in [0, 0.1) is 0 Å². The summed E-state index contributed by atoms with van der Waals surface area (Å²) in [6.45, 7) is 0.180. The number of carbonyl (C=O) groups is 2. The highest BCUT2D eigenvalue weighted by molar-refractivity contribution is 5.95. The van der Waals surface area contributed by atoms with Gasteiger partial charge < -0.3 is 4.74 Å². The maximum Gasteiger partial charge on any atom is 0.313 e. The third-order valence-electron chi connectivity index (χ3n) is 3.33. The minimum atomic E-state index is -0.472. The molecule has 0 heterocycles. The fourth-order valence-corrected chi connectivity index (χ4v) is 2.12. The van der Waals surface area contributed by atoms with Crippen LogP contribution in [0.25, 0.3) is 6.08 Å². The van der Waals surface area contributed by atoms with Crippen molar-refractivity contribution in [1.82, 2.24) is 0 Å². The Kier molecular flexibility index (Phi) is 6.79. The molecule has 2 aromatic carbocycles. The average Bonchev–Trinajstić information content (AvgIpc) is 2.59. The van der Waals surface area contributed by atoms with E-state index in [2.05, 4.69) is 0 Å². The molecule has 0 N–H and O–H groups in total. The van der Waals surface area contributed by atoms with E-state index < -0.39 is 5.97 Å². The van der Waals surface area contributed by atoms with Crippen LogP contribution in [0.4, 0.5) is 0 Å². The molecule has 0 aliphatic rings. The summed E-state index contributed by atoms with van der Waals surface area (Å²) in [7, 11) is 0. The van der Waals surface area contributed by atoms with E-state index in [9.17, 15) is 9.59 Å². The standard InChI is InChI=1S/C20H20O3/c21-19(14-13-18-10-5-2-6-11-18)16-20(22)23-15-7-12-17-8-3-1-4-9-17/h1-12H,13-16H2. The number of ether oxygens (including phenoxy) is 1. The molecule has 0 atom stereocenters. The molecule has 0 aliphatic carbocycles. The van der Waals surface area contributed by atoms with Crippen LogP contribution in [0.5, 0.6) is 0 Å². The number of Topliss-reactive ketones (excluding diaryl/α,β-unsaturated/α-hetero) is 1. The first-order valence-electron chi connectivity index (χ1n) is 7.67. The number of ketones is 1. The Balaban J connectivity index is 1.64. The second kappa shape index (κ2) is 9.36. The molecule has 3 heteroatoms. The van der Waals surface area contributed by atoms with Crippen molar-refractivity contribution in [3.8, 4) is 0 Å². The van der Waals surface area contributed by atoms with Gasteiger partial charge in [-0.15, -0.1) is 0 Å². The molecule has 0 bridgehead atoms. The maximum atomic E-state index is 11.8. The normalized spacial score (nSPS) is 10.6. The Morgan fingerprint density at radius 2 is 1.57 bits per heavy atom. The molecule has 3 nitrogen and oxygen atoms in total. The first kappa shape index (κ1) is 16.7. The van der Waals surface area contributed by atoms with Crippen molar-refractivity contribution in [2.75, 3.05) is 6.61 Å². The van der Waals surface area contributed by atoms with E-state index in [0.29, 0.717) is 12.8 Å². The molecule has 0 fully saturated rings. The van der Waals surface area contributed by atoms with E-state index in [1.54, 1.807) is 6.08 Å². The molecular weight excluding hydrogens is 288 g/mol. The molecule has 2 aromatic rings. The van der Waals surface area contributed by atoms with Gasteiger partial charge in [-0.1, -0.05) is 66.7 Å². The molecule has 0 radical (unpaired) electrons. The quantitative estimate of drug-likeness (QED) is 0.550. The number of hydrogen-bond acceptors (Lipinski definition) is 3. The Hall–Kier alpha value is -2.68. The fourth-order valence-electron chi connectivity index (χ4n) is 2.12. The number of carbonyl (C=O) groups excluding carboxylic acids is 2. The lowest BCUT2D eigenvalue weighted by Crippen LogP contribution is -2.12. The van der Waals surface area contributed by atoms with Crippen LogP contribution in [-0.4, -0.2) is 18.4 Å². The van der Waals surface area contributed by atoms with Gasteiger partial charge >= 0.3 is 5.97 Å². The van der Waals surface area contributed by atoms with Gasteiger partial charge in [0.2, 0.25) is 0 Å². The highest BCUT2D eigenvalue weighted by atomic mass is 16.5. The molecule has 0 spiro atoms. The molecule has 0 unspecified atom stereocenters. The number of esters is 1. The van der Waals surface area contributed by atoms with E-state index in [-0.39, 0.29) is 18.8 Å². The summed E-state index contributed by atoms with van der Waals surface area (Å²) in [6.07, 6.45) is 4.50. The lowest BCUT2D eigenvalue weighted by molar-refractivity contribution is -0.144. The van der Waals surface area contributed by atoms with E-state index in [0.717, 1.165) is 11.1 Å². The van der Waals surface area contributed by atoms with Crippen molar-refractivity contribution in [3.05, 3.63) is 77.9 Å². The van der Waals surface area contributed by atoms with Crippen molar-refractivity contribution in [2.24, 2.45) is 0 Å². The summed E-state index contributed by atoms with van der Waals surface area (Å²) in [5.41, 5.74) is 2.14. The summed E-state index contributed by atoms with van der Waals surface area (Å²) in [4.78, 5) is 23.4. The highest BCUT2D eigenvalue weighted by Gasteiger charge is 2.10. The minimum absolute atomic E-state index is 0.0918. The second-order valence-electron chi connectivity index (χ2n) is 5.20. The van der Waals surface area contributed by atoms with Gasteiger partial charge in [0.1, 0.15) is 18.8 Å². The van der Waals surface area contributed by atoms with E-state index >= 15 is 0 Å². The SMILES string of the molecule is O=C(CCc1ccccc1)CC(=O)OCC=Cc1ccccc1. The summed E-state index contributed by atoms with van der Waals surface area (Å²) in [5, 5.41) is 0. The van der Waals surface area contributed by atoms with E-state index in [1.165, 1.54) is 0 Å². The van der Waals surface area contributed by atoms with Gasteiger partial charge in [0, 0.05) is 6.42 Å². The predicted octanol–water partition coefficient (Wildman–Crippen LogP) is 3.84. The fraction of sp³-hybridized carbons (Fsp3) is 0.200. The van der Waals surface area contributed by atoms with Gasteiger partial charge in [0.15, 0.2) is 0 Å². The highest BCUT2D eigenvalue weighted by Crippen LogP contribution is 2.05. The average molecular weight is 308 g/mol. The van der Waals surface area contributed by atoms with Crippen molar-refractivity contribution in [3.63, 3.8) is 0 Å². The first-order chi connectivity index (χ1) is 11.2. The molecular formula is C20H20O3. The zero-order valence-corrected chi connectivity index (χ0v) is 13.0. The monoisotopic (exact) mass is 308 g/mol. The third-order valence-corrected chi connectivity index (χ3v) is 3.33. The Labute approximate surface area is 136 Å². The molecule has 23 heavy (non-hydrogen) atoms. The molecule has 0 saturated carbocycles. The Morgan fingerprint density at radius 1 is 0.913 bits per heavy atom. The summed E-state index contributed by atoms with van der Waals surface area (Å²) in [5.74, 6) is -0.563. The second-order valence-corrected chi connectivity index (χ2v) is 5.20. The van der Waals surface area contributed by atoms with Crippen molar-refractivity contribution < 1.29 is 14.3 Å². The van der Waals surface area contributed by atoms with Gasteiger partial charge in [-0.05, 0) is 23.6 Å². The molecule has 118 valence electrons. The zero-order chi connectivity index (χ0) is 16.3. The van der Waals surface area contributed by atoms with Crippen molar-refractivity contribution in [1.29, 1.82) is 0 Å². The summed E-state index contributed by atoms with van der Waals surface area (Å²) >= 11 is 0. The lowest BCUT2D eigenvalue weighted by Gasteiger charge is -2.02. The van der Waals surface area contributed by atoms with Crippen molar-refractivity contribution >= 4 is 17.8 Å². The molecule has 2 rings (SSSR count). The smallest absolute Gasteiger partial charge is 0.313 e.